The lowest BCUT2D eigenvalue weighted by Gasteiger charge is -2.32. The summed E-state index contributed by atoms with van der Waals surface area (Å²) in [6.45, 7) is 6.92. The Bertz CT molecular complexity index is 1440. The molecule has 1 aliphatic heterocycles. The molecular weight excluding hydrogens is 497 g/mol. The van der Waals surface area contributed by atoms with Crippen molar-refractivity contribution in [3.05, 3.63) is 95.6 Å². The van der Waals surface area contributed by atoms with Crippen LogP contribution in [0.5, 0.6) is 0 Å². The summed E-state index contributed by atoms with van der Waals surface area (Å²) in [5.41, 5.74) is 6.55. The summed E-state index contributed by atoms with van der Waals surface area (Å²) >= 11 is 0. The molecule has 1 N–H and O–H groups in total. The Labute approximate surface area is 226 Å². The van der Waals surface area contributed by atoms with E-state index < -0.39 is 6.04 Å². The number of aromatic nitrogens is 2. The van der Waals surface area contributed by atoms with E-state index in [4.69, 9.17) is 4.98 Å². The number of piperidine rings is 1. The molecule has 0 bridgehead atoms. The molecule has 0 radical (unpaired) electrons. The molecule has 3 aromatic carbocycles. The van der Waals surface area contributed by atoms with Gasteiger partial charge in [0.05, 0.1) is 16.7 Å². The van der Waals surface area contributed by atoms with Crippen molar-refractivity contribution in [2.24, 2.45) is 0 Å². The molecule has 1 saturated heterocycles. The van der Waals surface area contributed by atoms with Crippen molar-refractivity contribution in [3.8, 4) is 0 Å². The predicted molar refractivity (Wildman–Crippen MR) is 157 cm³/mol. The zero-order chi connectivity index (χ0) is 26.6. The van der Waals surface area contributed by atoms with E-state index in [0.717, 1.165) is 67.0 Å². The monoisotopic (exact) mass is 532 g/mol. The molecule has 4 aromatic rings. The van der Waals surface area contributed by atoms with Crippen molar-refractivity contribution in [2.75, 3.05) is 18.4 Å². The van der Waals surface area contributed by atoms with Gasteiger partial charge in [-0.3, -0.25) is 9.47 Å². The Kier molecular flexibility index (Phi) is 8.21. The van der Waals surface area contributed by atoms with E-state index in [1.807, 2.05) is 30.3 Å². The molecule has 0 spiro atoms. The first-order valence-corrected chi connectivity index (χ1v) is 14.0. The minimum atomic E-state index is -1.19. The molecule has 0 amide bonds. The molecule has 2 heterocycles. The van der Waals surface area contributed by atoms with Crippen LogP contribution in [0.15, 0.2) is 72.8 Å². The molecular formula is C31H35F2N4P. The van der Waals surface area contributed by atoms with Crippen molar-refractivity contribution in [2.45, 2.75) is 51.6 Å². The molecule has 2 unspecified atom stereocenters. The number of hydrogen-bond donors (Lipinski definition) is 1. The van der Waals surface area contributed by atoms with Crippen LogP contribution in [0.3, 0.4) is 0 Å². The van der Waals surface area contributed by atoms with Crippen LogP contribution in [-0.2, 0) is 6.54 Å². The quantitative estimate of drug-likeness (QED) is 0.231. The van der Waals surface area contributed by atoms with Gasteiger partial charge in [-0.25, -0.2) is 13.8 Å². The molecule has 4 nitrogen and oxygen atoms in total. The second-order valence-electron chi connectivity index (χ2n) is 10.0. The number of allylic oxidation sites excluding steroid dienone is 2. The van der Waals surface area contributed by atoms with Gasteiger partial charge < -0.3 is 5.32 Å². The van der Waals surface area contributed by atoms with E-state index in [0.29, 0.717) is 5.69 Å². The molecule has 1 aromatic heterocycles. The van der Waals surface area contributed by atoms with E-state index in [1.165, 1.54) is 17.2 Å². The Morgan fingerprint density at radius 2 is 1.82 bits per heavy atom. The third-order valence-electron chi connectivity index (χ3n) is 7.39. The first-order chi connectivity index (χ1) is 18.4. The lowest BCUT2D eigenvalue weighted by Crippen LogP contribution is -2.33. The normalized spacial score (nSPS) is 16.2. The van der Waals surface area contributed by atoms with Gasteiger partial charge in [-0.2, -0.15) is 0 Å². The summed E-state index contributed by atoms with van der Waals surface area (Å²) in [5, 5.41) is 3.29. The fourth-order valence-electron chi connectivity index (χ4n) is 5.47. The lowest BCUT2D eigenvalue weighted by atomic mass is 9.95. The first-order valence-electron chi connectivity index (χ1n) is 13.3. The van der Waals surface area contributed by atoms with Crippen molar-refractivity contribution in [1.82, 2.24) is 14.5 Å². The van der Waals surface area contributed by atoms with Gasteiger partial charge in [-0.15, -0.1) is 0 Å². The van der Waals surface area contributed by atoms with Gasteiger partial charge in [0.2, 0.25) is 0 Å². The first kappa shape index (κ1) is 26.5. The smallest absolute Gasteiger partial charge is 0.189 e. The number of benzene rings is 3. The fourth-order valence-corrected chi connectivity index (χ4v) is 5.78. The minimum absolute atomic E-state index is 0.232. The van der Waals surface area contributed by atoms with Gasteiger partial charge in [0.1, 0.15) is 11.6 Å². The van der Waals surface area contributed by atoms with E-state index in [-0.39, 0.29) is 11.7 Å². The maximum absolute atomic E-state index is 14.6. The maximum atomic E-state index is 14.6. The fraction of sp³-hybridized carbons (Fsp3) is 0.323. The second-order valence-corrected chi connectivity index (χ2v) is 10.6. The molecule has 1 aliphatic rings. The predicted octanol–water partition coefficient (Wildman–Crippen LogP) is 8.41. The maximum Gasteiger partial charge on any atom is 0.189 e. The summed E-state index contributed by atoms with van der Waals surface area (Å²) in [5.74, 6) is 0.812. The Balaban J connectivity index is 1.31. The van der Waals surface area contributed by atoms with Crippen LogP contribution in [0.1, 0.15) is 62.0 Å². The molecule has 198 valence electrons. The summed E-state index contributed by atoms with van der Waals surface area (Å²) in [6.07, 6.45) is 5.02. The highest BCUT2D eigenvalue weighted by atomic mass is 31.0. The standard InChI is InChI=1S/C31H35F2N4P/c1-3-8-21(2)24-19-22(13-14-26(24)34-27-10-5-4-9-25(27)32)20-36-17-15-23(16-18-36)30-35-28-11-6-7-12-29(28)37(30)31(33)38/h4-14,19,23,31,34H,3,15-18,20,38H2,1-2H3/b21-8+. The number of anilines is 2. The second kappa shape index (κ2) is 11.8. The van der Waals surface area contributed by atoms with Gasteiger partial charge in [-0.05, 0) is 86.8 Å². The Morgan fingerprint density at radius 3 is 2.55 bits per heavy atom. The summed E-state index contributed by atoms with van der Waals surface area (Å²) in [6, 6.07) is 19.7. The average molecular weight is 533 g/mol. The number of fused-ring (bicyclic) bond motifs is 1. The van der Waals surface area contributed by atoms with Crippen LogP contribution < -0.4 is 5.32 Å². The van der Waals surface area contributed by atoms with Gasteiger partial charge in [0.25, 0.3) is 0 Å². The van der Waals surface area contributed by atoms with Crippen molar-refractivity contribution in [1.29, 1.82) is 0 Å². The summed E-state index contributed by atoms with van der Waals surface area (Å²) in [4.78, 5) is 7.27. The van der Waals surface area contributed by atoms with Crippen LogP contribution in [-0.4, -0.2) is 27.5 Å². The molecule has 38 heavy (non-hydrogen) atoms. The topological polar surface area (TPSA) is 33.1 Å². The molecule has 7 heteroatoms. The summed E-state index contributed by atoms with van der Waals surface area (Å²) in [7, 11) is 2.27. The molecule has 5 rings (SSSR count). The molecule has 2 atom stereocenters. The summed E-state index contributed by atoms with van der Waals surface area (Å²) < 4.78 is 30.6. The van der Waals surface area contributed by atoms with E-state index in [1.54, 1.807) is 16.7 Å². The Hall–Kier alpha value is -3.08. The van der Waals surface area contributed by atoms with Gasteiger partial charge in [0.15, 0.2) is 6.04 Å². The van der Waals surface area contributed by atoms with E-state index >= 15 is 0 Å². The molecule has 1 fully saturated rings. The number of nitrogens with zero attached hydrogens (tertiary/aromatic N) is 3. The number of nitrogens with one attached hydrogen (secondary N) is 1. The number of likely N-dealkylation sites (tertiary alicyclic amines) is 1. The van der Waals surface area contributed by atoms with Gasteiger partial charge in [0, 0.05) is 23.7 Å². The third-order valence-corrected chi connectivity index (χ3v) is 7.69. The number of halogens is 2. The van der Waals surface area contributed by atoms with Crippen molar-refractivity contribution < 1.29 is 8.78 Å². The van der Waals surface area contributed by atoms with Crippen molar-refractivity contribution in [3.63, 3.8) is 0 Å². The highest BCUT2D eigenvalue weighted by Crippen LogP contribution is 2.35. The highest BCUT2D eigenvalue weighted by Gasteiger charge is 2.27. The molecule has 0 saturated carbocycles. The average Bonchev–Trinajstić information content (AvgIpc) is 3.31. The number of rotatable bonds is 8. The number of hydrogen-bond acceptors (Lipinski definition) is 3. The third kappa shape index (κ3) is 5.67. The number of imidazole rings is 1. The number of alkyl halides is 1. The van der Waals surface area contributed by atoms with Crippen LogP contribution in [0.25, 0.3) is 16.6 Å². The minimum Gasteiger partial charge on any atom is -0.353 e. The van der Waals surface area contributed by atoms with Crippen LogP contribution >= 0.6 is 9.24 Å². The van der Waals surface area contributed by atoms with Crippen molar-refractivity contribution >= 4 is 37.2 Å². The van der Waals surface area contributed by atoms with Crippen LogP contribution in [0.4, 0.5) is 20.2 Å². The van der Waals surface area contributed by atoms with E-state index in [2.05, 4.69) is 57.6 Å². The molecule has 0 aliphatic carbocycles. The van der Waals surface area contributed by atoms with Crippen LogP contribution in [0, 0.1) is 5.82 Å². The highest BCUT2D eigenvalue weighted by molar-refractivity contribution is 7.16. The number of para-hydroxylation sites is 3. The van der Waals surface area contributed by atoms with Gasteiger partial charge >= 0.3 is 0 Å². The van der Waals surface area contributed by atoms with E-state index in [9.17, 15) is 8.78 Å². The SMILES string of the molecule is CC/C=C(\C)c1cc(CN2CCC(c3nc4ccccc4n3C(F)P)CC2)ccc1Nc1ccccc1F. The zero-order valence-electron chi connectivity index (χ0n) is 22.0. The van der Waals surface area contributed by atoms with Crippen LogP contribution in [0.2, 0.25) is 0 Å². The largest absolute Gasteiger partial charge is 0.353 e. The lowest BCUT2D eigenvalue weighted by molar-refractivity contribution is 0.198. The zero-order valence-corrected chi connectivity index (χ0v) is 23.2. The Morgan fingerprint density at radius 1 is 1.08 bits per heavy atom. The van der Waals surface area contributed by atoms with Gasteiger partial charge in [-0.1, -0.05) is 52.6 Å².